The lowest BCUT2D eigenvalue weighted by Crippen LogP contribution is -2.37. The van der Waals surface area contributed by atoms with E-state index in [-0.39, 0.29) is 29.4 Å². The van der Waals surface area contributed by atoms with Crippen molar-refractivity contribution >= 4 is 29.9 Å². The van der Waals surface area contributed by atoms with E-state index in [1.165, 1.54) is 0 Å². The summed E-state index contributed by atoms with van der Waals surface area (Å²) in [6.07, 6.45) is 0.867. The molecule has 0 fully saturated rings. The molecule has 0 radical (unpaired) electrons. The van der Waals surface area contributed by atoms with Gasteiger partial charge < -0.3 is 19.9 Å². The second-order valence-electron chi connectivity index (χ2n) is 6.63. The maximum atomic E-state index is 5.65. The van der Waals surface area contributed by atoms with Crippen molar-refractivity contribution in [2.75, 3.05) is 20.2 Å². The van der Waals surface area contributed by atoms with Crippen molar-refractivity contribution in [1.29, 1.82) is 0 Å². The fraction of sp³-hybridized carbons (Fsp3) is 0.500. The zero-order valence-corrected chi connectivity index (χ0v) is 18.1. The van der Waals surface area contributed by atoms with E-state index in [4.69, 9.17) is 9.26 Å². The number of nitrogens with zero attached hydrogens (tertiary/aromatic N) is 3. The molecule has 8 heteroatoms. The van der Waals surface area contributed by atoms with E-state index in [1.54, 1.807) is 7.05 Å². The molecule has 1 heterocycles. The molecule has 144 valence electrons. The molecule has 0 saturated carbocycles. The molecule has 26 heavy (non-hydrogen) atoms. The summed E-state index contributed by atoms with van der Waals surface area (Å²) < 4.78 is 10.9. The number of hydrogen-bond acceptors (Lipinski definition) is 5. The number of aromatic nitrogens is 2. The zero-order chi connectivity index (χ0) is 18.1. The summed E-state index contributed by atoms with van der Waals surface area (Å²) in [6.45, 7) is 7.97. The Labute approximate surface area is 172 Å². The summed E-state index contributed by atoms with van der Waals surface area (Å²) in [5, 5.41) is 10.4. The van der Waals surface area contributed by atoms with Crippen molar-refractivity contribution in [2.24, 2.45) is 4.99 Å². The average molecular weight is 473 g/mol. The average Bonchev–Trinajstić information content (AvgIpc) is 3.07. The number of ether oxygens (including phenoxy) is 1. The molecule has 0 amide bonds. The van der Waals surface area contributed by atoms with Crippen LogP contribution in [0.15, 0.2) is 39.8 Å². The molecular weight excluding hydrogens is 445 g/mol. The van der Waals surface area contributed by atoms with Gasteiger partial charge in [0.05, 0.1) is 13.2 Å². The number of nitrogens with one attached hydrogen (secondary N) is 2. The Morgan fingerprint density at radius 3 is 2.54 bits per heavy atom. The summed E-state index contributed by atoms with van der Waals surface area (Å²) in [7, 11) is 1.73. The molecule has 1 aromatic heterocycles. The van der Waals surface area contributed by atoms with Crippen LogP contribution in [0.1, 0.15) is 38.9 Å². The topological polar surface area (TPSA) is 84.6 Å². The van der Waals surface area contributed by atoms with Crippen LogP contribution in [0.4, 0.5) is 0 Å². The molecule has 0 spiro atoms. The fourth-order valence-corrected chi connectivity index (χ4v) is 2.00. The van der Waals surface area contributed by atoms with Gasteiger partial charge in [-0.2, -0.15) is 4.98 Å². The van der Waals surface area contributed by atoms with Gasteiger partial charge in [0.15, 0.2) is 11.8 Å². The van der Waals surface area contributed by atoms with Gasteiger partial charge in [-0.25, -0.2) is 0 Å². The van der Waals surface area contributed by atoms with Crippen LogP contribution in [0.5, 0.6) is 5.75 Å². The maximum absolute atomic E-state index is 5.65. The second kappa shape index (κ2) is 11.0. The largest absolute Gasteiger partial charge is 0.494 e. The molecule has 2 N–H and O–H groups in total. The van der Waals surface area contributed by atoms with E-state index in [0.29, 0.717) is 30.8 Å². The molecule has 0 aliphatic heterocycles. The maximum Gasteiger partial charge on any atom is 0.232 e. The van der Waals surface area contributed by atoms with E-state index < -0.39 is 0 Å². The Morgan fingerprint density at radius 1 is 1.19 bits per heavy atom. The molecule has 0 bridgehead atoms. The van der Waals surface area contributed by atoms with Crippen molar-refractivity contribution in [3.8, 4) is 5.75 Å². The Bertz CT molecular complexity index is 668. The molecule has 7 nitrogen and oxygen atoms in total. The van der Waals surface area contributed by atoms with E-state index in [2.05, 4.69) is 25.8 Å². The predicted octanol–water partition coefficient (Wildman–Crippen LogP) is 3.12. The van der Waals surface area contributed by atoms with Gasteiger partial charge in [0.1, 0.15) is 5.75 Å². The highest BCUT2D eigenvalue weighted by Crippen LogP contribution is 2.19. The second-order valence-corrected chi connectivity index (χ2v) is 6.63. The Kier molecular flexibility index (Phi) is 9.39. The van der Waals surface area contributed by atoms with Crippen molar-refractivity contribution in [2.45, 2.75) is 39.2 Å². The molecule has 0 atom stereocenters. The molecule has 0 unspecified atom stereocenters. The van der Waals surface area contributed by atoms with Crippen LogP contribution < -0.4 is 15.4 Å². The number of guanidine groups is 1. The summed E-state index contributed by atoms with van der Waals surface area (Å²) >= 11 is 0. The molecule has 0 aliphatic carbocycles. The van der Waals surface area contributed by atoms with Crippen LogP contribution in [-0.2, 0) is 12.0 Å². The number of aliphatic imine (C=N–C) groups is 1. The van der Waals surface area contributed by atoms with Gasteiger partial charge >= 0.3 is 0 Å². The van der Waals surface area contributed by atoms with E-state index in [0.717, 1.165) is 18.7 Å². The van der Waals surface area contributed by atoms with E-state index in [1.807, 2.05) is 51.1 Å². The number of hydrogen-bond donors (Lipinski definition) is 2. The number of rotatable bonds is 7. The lowest BCUT2D eigenvalue weighted by molar-refractivity contribution is 0.311. The number of para-hydroxylation sites is 1. The highest BCUT2D eigenvalue weighted by molar-refractivity contribution is 14.0. The first kappa shape index (κ1) is 22.2. The Morgan fingerprint density at radius 2 is 1.92 bits per heavy atom. The first-order chi connectivity index (χ1) is 12.0. The Balaban J connectivity index is 0.00000338. The number of halogens is 1. The normalized spacial score (nSPS) is 11.6. The fourth-order valence-electron chi connectivity index (χ4n) is 2.00. The summed E-state index contributed by atoms with van der Waals surface area (Å²) in [6, 6.07) is 9.79. The first-order valence-corrected chi connectivity index (χ1v) is 8.44. The van der Waals surface area contributed by atoms with Crippen molar-refractivity contribution < 1.29 is 9.26 Å². The van der Waals surface area contributed by atoms with E-state index in [9.17, 15) is 0 Å². The smallest absolute Gasteiger partial charge is 0.232 e. The highest BCUT2D eigenvalue weighted by Gasteiger charge is 2.21. The number of benzene rings is 1. The van der Waals surface area contributed by atoms with Gasteiger partial charge in [-0.05, 0) is 18.6 Å². The molecule has 0 saturated heterocycles. The molecule has 1 aromatic carbocycles. The van der Waals surface area contributed by atoms with Crippen molar-refractivity contribution in [3.63, 3.8) is 0 Å². The summed E-state index contributed by atoms with van der Waals surface area (Å²) in [5.74, 6) is 2.82. The molecule has 2 aromatic rings. The lowest BCUT2D eigenvalue weighted by atomic mass is 9.97. The molecule has 0 aliphatic rings. The third-order valence-electron chi connectivity index (χ3n) is 3.37. The van der Waals surface area contributed by atoms with Crippen LogP contribution in [0, 0.1) is 0 Å². The standard InChI is InChI=1S/C18H27N5O2.HI/c1-18(2,3)16-22-15(23-25-16)13-21-17(19-4)20-11-8-12-24-14-9-6-5-7-10-14;/h5-7,9-10H,8,11-13H2,1-4H3,(H2,19,20,21);1H. The summed E-state index contributed by atoms with van der Waals surface area (Å²) in [4.78, 5) is 8.57. The molecule has 2 rings (SSSR count). The van der Waals surface area contributed by atoms with Gasteiger partial charge in [0, 0.05) is 19.0 Å². The SMILES string of the molecule is CN=C(NCCCOc1ccccc1)NCc1noc(C(C)(C)C)n1.I. The highest BCUT2D eigenvalue weighted by atomic mass is 127. The van der Waals surface area contributed by atoms with Crippen LogP contribution in [0.25, 0.3) is 0 Å². The van der Waals surface area contributed by atoms with Crippen molar-refractivity contribution in [3.05, 3.63) is 42.0 Å². The van der Waals surface area contributed by atoms with Gasteiger partial charge in [-0.3, -0.25) is 4.99 Å². The third-order valence-corrected chi connectivity index (χ3v) is 3.37. The lowest BCUT2D eigenvalue weighted by Gasteiger charge is -2.11. The van der Waals surface area contributed by atoms with Crippen LogP contribution in [-0.4, -0.2) is 36.3 Å². The first-order valence-electron chi connectivity index (χ1n) is 8.44. The third kappa shape index (κ3) is 7.59. The summed E-state index contributed by atoms with van der Waals surface area (Å²) in [5.41, 5.74) is -0.149. The predicted molar refractivity (Wildman–Crippen MR) is 113 cm³/mol. The van der Waals surface area contributed by atoms with Crippen LogP contribution >= 0.6 is 24.0 Å². The monoisotopic (exact) mass is 473 g/mol. The van der Waals surface area contributed by atoms with Gasteiger partial charge in [-0.1, -0.05) is 44.1 Å². The minimum absolute atomic E-state index is 0. The van der Waals surface area contributed by atoms with Gasteiger partial charge in [0.2, 0.25) is 5.89 Å². The van der Waals surface area contributed by atoms with Crippen LogP contribution in [0.3, 0.4) is 0 Å². The molecular formula is C18H28IN5O2. The van der Waals surface area contributed by atoms with Gasteiger partial charge in [0.25, 0.3) is 0 Å². The minimum Gasteiger partial charge on any atom is -0.494 e. The Hall–Kier alpha value is -1.84. The van der Waals surface area contributed by atoms with Crippen molar-refractivity contribution in [1.82, 2.24) is 20.8 Å². The van der Waals surface area contributed by atoms with E-state index >= 15 is 0 Å². The minimum atomic E-state index is -0.149. The quantitative estimate of drug-likeness (QED) is 0.278. The van der Waals surface area contributed by atoms with Gasteiger partial charge in [-0.15, -0.1) is 24.0 Å². The van der Waals surface area contributed by atoms with Crippen LogP contribution in [0.2, 0.25) is 0 Å². The zero-order valence-electron chi connectivity index (χ0n) is 15.8.